The first-order valence-electron chi connectivity index (χ1n) is 7.74. The van der Waals surface area contributed by atoms with Crippen LogP contribution in [0.3, 0.4) is 0 Å². The molecule has 1 rings (SSSR count). The third-order valence-electron chi connectivity index (χ3n) is 3.66. The molecule has 0 aliphatic carbocycles. The lowest BCUT2D eigenvalue weighted by Crippen LogP contribution is -2.38. The molecule has 0 spiro atoms. The molecule has 0 aliphatic heterocycles. The second kappa shape index (κ2) is 9.50. The Morgan fingerprint density at radius 2 is 1.95 bits per heavy atom. The highest BCUT2D eigenvalue weighted by Crippen LogP contribution is 2.21. The lowest BCUT2D eigenvalue weighted by Gasteiger charge is -2.27. The number of benzene rings is 1. The van der Waals surface area contributed by atoms with E-state index < -0.39 is 0 Å². The van der Waals surface area contributed by atoms with Gasteiger partial charge in [-0.3, -0.25) is 4.79 Å². The average molecular weight is 306 g/mol. The molecule has 3 nitrogen and oxygen atoms in total. The van der Waals surface area contributed by atoms with E-state index in [9.17, 15) is 4.79 Å². The lowest BCUT2D eigenvalue weighted by atomic mass is 9.97. The van der Waals surface area contributed by atoms with Crippen molar-refractivity contribution in [3.8, 4) is 0 Å². The van der Waals surface area contributed by atoms with Crippen molar-refractivity contribution in [1.82, 2.24) is 0 Å². The summed E-state index contributed by atoms with van der Waals surface area (Å²) in [5, 5.41) is 0. The highest BCUT2D eigenvalue weighted by Gasteiger charge is 2.23. The van der Waals surface area contributed by atoms with Crippen molar-refractivity contribution in [3.05, 3.63) is 30.3 Å². The van der Waals surface area contributed by atoms with Crippen molar-refractivity contribution in [3.63, 3.8) is 0 Å². The smallest absolute Gasteiger partial charge is 0.230 e. The fourth-order valence-electron chi connectivity index (χ4n) is 2.37. The van der Waals surface area contributed by atoms with Gasteiger partial charge in [0.15, 0.2) is 0 Å². The molecule has 4 heteroatoms. The van der Waals surface area contributed by atoms with Gasteiger partial charge in [0.25, 0.3) is 0 Å². The van der Waals surface area contributed by atoms with Gasteiger partial charge in [0.05, 0.1) is 4.99 Å². The van der Waals surface area contributed by atoms with Crippen LogP contribution in [-0.2, 0) is 4.79 Å². The van der Waals surface area contributed by atoms with E-state index in [1.54, 1.807) is 0 Å². The normalized spacial score (nSPS) is 11.9. The number of amides is 1. The van der Waals surface area contributed by atoms with Crippen molar-refractivity contribution >= 4 is 28.8 Å². The zero-order valence-electron chi connectivity index (χ0n) is 13.0. The number of carbonyl (C=O) groups excluding carboxylic acids is 1. The van der Waals surface area contributed by atoms with Gasteiger partial charge in [-0.05, 0) is 25.0 Å². The van der Waals surface area contributed by atoms with Crippen LogP contribution in [0.25, 0.3) is 0 Å². The molecular weight excluding hydrogens is 280 g/mol. The Hall–Kier alpha value is -1.42. The molecule has 1 aromatic carbocycles. The maximum absolute atomic E-state index is 12.8. The molecular formula is C17H26N2OS. The van der Waals surface area contributed by atoms with E-state index >= 15 is 0 Å². The molecule has 0 saturated heterocycles. The van der Waals surface area contributed by atoms with Gasteiger partial charge in [-0.15, -0.1) is 0 Å². The average Bonchev–Trinajstić information content (AvgIpc) is 2.49. The number of nitrogens with two attached hydrogens (primary N) is 1. The van der Waals surface area contributed by atoms with Crippen LogP contribution in [0.5, 0.6) is 0 Å². The number of rotatable bonds is 9. The van der Waals surface area contributed by atoms with Crippen LogP contribution in [0.1, 0.15) is 46.0 Å². The molecule has 1 atom stereocenters. The van der Waals surface area contributed by atoms with E-state index in [0.717, 1.165) is 31.4 Å². The van der Waals surface area contributed by atoms with E-state index in [0.29, 0.717) is 18.0 Å². The summed E-state index contributed by atoms with van der Waals surface area (Å²) in [6, 6.07) is 9.77. The minimum atomic E-state index is 0.0801. The quantitative estimate of drug-likeness (QED) is 0.704. The SMILES string of the molecule is CCCCC(CC)C(=O)N(CCC(N)=S)c1ccccc1. The topological polar surface area (TPSA) is 46.3 Å². The predicted molar refractivity (Wildman–Crippen MR) is 93.5 cm³/mol. The van der Waals surface area contributed by atoms with Crippen molar-refractivity contribution in [2.24, 2.45) is 11.7 Å². The molecule has 0 saturated carbocycles. The highest BCUT2D eigenvalue weighted by molar-refractivity contribution is 7.80. The third-order valence-corrected chi connectivity index (χ3v) is 3.87. The molecule has 21 heavy (non-hydrogen) atoms. The number of hydrogen-bond donors (Lipinski definition) is 1. The summed E-state index contributed by atoms with van der Waals surface area (Å²) in [4.78, 5) is 15.1. The Kier molecular flexibility index (Phi) is 7.98. The Bertz CT molecular complexity index is 447. The van der Waals surface area contributed by atoms with Gasteiger partial charge >= 0.3 is 0 Å². The Morgan fingerprint density at radius 1 is 1.29 bits per heavy atom. The molecule has 0 bridgehead atoms. The lowest BCUT2D eigenvalue weighted by molar-refractivity contribution is -0.122. The van der Waals surface area contributed by atoms with Crippen LogP contribution >= 0.6 is 12.2 Å². The summed E-state index contributed by atoms with van der Waals surface area (Å²) >= 11 is 4.95. The van der Waals surface area contributed by atoms with Crippen molar-refractivity contribution in [2.75, 3.05) is 11.4 Å². The molecule has 0 aromatic heterocycles. The number of thiocarbonyl (C=S) groups is 1. The number of hydrogen-bond acceptors (Lipinski definition) is 2. The predicted octanol–water partition coefficient (Wildman–Crippen LogP) is 3.91. The Morgan fingerprint density at radius 3 is 2.48 bits per heavy atom. The fraction of sp³-hybridized carbons (Fsp3) is 0.529. The standard InChI is InChI=1S/C17H26N2OS/c1-3-5-9-14(4-2)17(20)19(13-12-16(18)21)15-10-7-6-8-11-15/h6-8,10-11,14H,3-5,9,12-13H2,1-2H3,(H2,18,21). The van der Waals surface area contributed by atoms with E-state index in [1.807, 2.05) is 35.2 Å². The summed E-state index contributed by atoms with van der Waals surface area (Å²) in [6.45, 7) is 4.79. The number of nitrogens with zero attached hydrogens (tertiary/aromatic N) is 1. The molecule has 1 aromatic rings. The van der Waals surface area contributed by atoms with Crippen LogP contribution in [0.2, 0.25) is 0 Å². The highest BCUT2D eigenvalue weighted by atomic mass is 32.1. The Labute approximate surface area is 133 Å². The van der Waals surface area contributed by atoms with Crippen molar-refractivity contribution < 1.29 is 4.79 Å². The second-order valence-electron chi connectivity index (χ2n) is 5.29. The first kappa shape index (κ1) is 17.6. The Balaban J connectivity index is 2.88. The van der Waals surface area contributed by atoms with Crippen molar-refractivity contribution in [1.29, 1.82) is 0 Å². The summed E-state index contributed by atoms with van der Waals surface area (Å²) < 4.78 is 0. The van der Waals surface area contributed by atoms with Gasteiger partial charge in [0, 0.05) is 24.6 Å². The third kappa shape index (κ3) is 5.84. The van der Waals surface area contributed by atoms with Gasteiger partial charge in [-0.2, -0.15) is 0 Å². The number of unbranched alkanes of at least 4 members (excludes halogenated alkanes) is 1. The van der Waals surface area contributed by atoms with Gasteiger partial charge in [0.2, 0.25) is 5.91 Å². The zero-order valence-corrected chi connectivity index (χ0v) is 13.9. The van der Waals surface area contributed by atoms with Crippen LogP contribution in [0, 0.1) is 5.92 Å². The first-order chi connectivity index (χ1) is 10.1. The van der Waals surface area contributed by atoms with E-state index in [-0.39, 0.29) is 11.8 Å². The summed E-state index contributed by atoms with van der Waals surface area (Å²) in [7, 11) is 0. The first-order valence-corrected chi connectivity index (χ1v) is 8.15. The fourth-order valence-corrected chi connectivity index (χ4v) is 2.46. The zero-order chi connectivity index (χ0) is 15.7. The summed E-state index contributed by atoms with van der Waals surface area (Å²) in [5.41, 5.74) is 6.53. The number of anilines is 1. The van der Waals surface area contributed by atoms with E-state index in [2.05, 4.69) is 13.8 Å². The van der Waals surface area contributed by atoms with E-state index in [4.69, 9.17) is 18.0 Å². The van der Waals surface area contributed by atoms with Crippen molar-refractivity contribution in [2.45, 2.75) is 46.0 Å². The van der Waals surface area contributed by atoms with Gasteiger partial charge in [0.1, 0.15) is 0 Å². The maximum Gasteiger partial charge on any atom is 0.230 e. The van der Waals surface area contributed by atoms with E-state index in [1.165, 1.54) is 0 Å². The maximum atomic E-state index is 12.8. The van der Waals surface area contributed by atoms with Gasteiger partial charge < -0.3 is 10.6 Å². The monoisotopic (exact) mass is 306 g/mol. The summed E-state index contributed by atoms with van der Waals surface area (Å²) in [5.74, 6) is 0.268. The van der Waals surface area contributed by atoms with Gasteiger partial charge in [-0.1, -0.05) is 57.1 Å². The minimum absolute atomic E-state index is 0.0801. The largest absolute Gasteiger partial charge is 0.393 e. The van der Waals surface area contributed by atoms with Crippen LogP contribution in [0.15, 0.2) is 30.3 Å². The second-order valence-corrected chi connectivity index (χ2v) is 5.81. The number of carbonyl (C=O) groups is 1. The van der Waals surface area contributed by atoms with Crippen LogP contribution < -0.4 is 10.6 Å². The minimum Gasteiger partial charge on any atom is -0.393 e. The molecule has 116 valence electrons. The molecule has 2 N–H and O–H groups in total. The molecule has 0 aliphatic rings. The molecule has 0 radical (unpaired) electrons. The molecule has 0 heterocycles. The number of para-hydroxylation sites is 1. The molecule has 0 fully saturated rings. The van der Waals surface area contributed by atoms with Gasteiger partial charge in [-0.25, -0.2) is 0 Å². The van der Waals surface area contributed by atoms with Crippen LogP contribution in [-0.4, -0.2) is 17.4 Å². The molecule has 1 unspecified atom stereocenters. The van der Waals surface area contributed by atoms with Crippen LogP contribution in [0.4, 0.5) is 5.69 Å². The molecule has 1 amide bonds. The summed E-state index contributed by atoms with van der Waals surface area (Å²) in [6.07, 6.45) is 4.57.